The second-order valence-corrected chi connectivity index (χ2v) is 7.63. The summed E-state index contributed by atoms with van der Waals surface area (Å²) in [5.74, 6) is 1.88. The number of hydrogen-bond acceptors (Lipinski definition) is 5. The summed E-state index contributed by atoms with van der Waals surface area (Å²) in [6.45, 7) is 8.80. The van der Waals surface area contributed by atoms with E-state index in [9.17, 15) is 4.79 Å². The topological polar surface area (TPSA) is 45.3 Å². The van der Waals surface area contributed by atoms with E-state index in [2.05, 4.69) is 41.0 Å². The van der Waals surface area contributed by atoms with Crippen LogP contribution < -0.4 is 9.47 Å². The fourth-order valence-electron chi connectivity index (χ4n) is 3.87. The predicted octanol–water partition coefficient (Wildman–Crippen LogP) is 2.58. The number of amides is 1. The molecule has 0 radical (unpaired) electrons. The van der Waals surface area contributed by atoms with Crippen LogP contribution in [0.5, 0.6) is 11.5 Å². The highest BCUT2D eigenvalue weighted by Gasteiger charge is 2.23. The van der Waals surface area contributed by atoms with Crippen LogP contribution in [0.2, 0.25) is 0 Å². The number of hydrogen-bond donors (Lipinski definition) is 0. The largest absolute Gasteiger partial charge is 0.454 e. The zero-order valence-electron chi connectivity index (χ0n) is 17.0. The summed E-state index contributed by atoms with van der Waals surface area (Å²) in [7, 11) is 0. The van der Waals surface area contributed by atoms with Crippen molar-refractivity contribution in [1.82, 2.24) is 14.7 Å². The normalized spacial score (nSPS) is 16.4. The molecule has 0 aromatic heterocycles. The lowest BCUT2D eigenvalue weighted by molar-refractivity contribution is -0.134. The van der Waals surface area contributed by atoms with Gasteiger partial charge >= 0.3 is 0 Å². The smallest absolute Gasteiger partial charge is 0.236 e. The van der Waals surface area contributed by atoms with Crippen LogP contribution in [-0.2, 0) is 17.9 Å². The Kier molecular flexibility index (Phi) is 6.32. The highest BCUT2D eigenvalue weighted by Crippen LogP contribution is 2.32. The van der Waals surface area contributed by atoms with Crippen molar-refractivity contribution in [3.05, 3.63) is 59.7 Å². The molecule has 1 amide bonds. The Labute approximate surface area is 172 Å². The third-order valence-corrected chi connectivity index (χ3v) is 5.62. The number of carbonyl (C=O) groups is 1. The molecule has 1 saturated heterocycles. The summed E-state index contributed by atoms with van der Waals surface area (Å²) in [5, 5.41) is 0. The lowest BCUT2D eigenvalue weighted by atomic mass is 10.1. The number of fused-ring (bicyclic) bond motifs is 1. The quantitative estimate of drug-likeness (QED) is 0.721. The molecular weight excluding hydrogens is 366 g/mol. The van der Waals surface area contributed by atoms with Crippen molar-refractivity contribution in [2.75, 3.05) is 46.1 Å². The van der Waals surface area contributed by atoms with E-state index in [1.807, 2.05) is 29.2 Å². The van der Waals surface area contributed by atoms with Gasteiger partial charge in [-0.25, -0.2) is 0 Å². The van der Waals surface area contributed by atoms with Crippen LogP contribution in [0, 0.1) is 0 Å². The van der Waals surface area contributed by atoms with Crippen molar-refractivity contribution in [2.24, 2.45) is 0 Å². The SMILES string of the molecule is CCN(CC(=O)N1CCN(Cc2ccc3c(c2)OCO3)CC1)Cc1ccccc1. The molecule has 4 rings (SSSR count). The second kappa shape index (κ2) is 9.29. The highest BCUT2D eigenvalue weighted by molar-refractivity contribution is 5.78. The van der Waals surface area contributed by atoms with Crippen LogP contribution in [0.4, 0.5) is 0 Å². The first kappa shape index (κ1) is 19.7. The molecule has 0 aliphatic carbocycles. The third kappa shape index (κ3) is 5.08. The van der Waals surface area contributed by atoms with Crippen molar-refractivity contribution in [2.45, 2.75) is 20.0 Å². The molecule has 0 atom stereocenters. The fraction of sp³-hybridized carbons (Fsp3) is 0.435. The average molecular weight is 396 g/mol. The van der Waals surface area contributed by atoms with Crippen LogP contribution in [0.25, 0.3) is 0 Å². The van der Waals surface area contributed by atoms with E-state index in [4.69, 9.17) is 9.47 Å². The van der Waals surface area contributed by atoms with Gasteiger partial charge < -0.3 is 14.4 Å². The molecule has 6 nitrogen and oxygen atoms in total. The number of benzene rings is 2. The van der Waals surface area contributed by atoms with Crippen molar-refractivity contribution in [3.8, 4) is 11.5 Å². The summed E-state index contributed by atoms with van der Waals surface area (Å²) in [6.07, 6.45) is 0. The maximum Gasteiger partial charge on any atom is 0.236 e. The summed E-state index contributed by atoms with van der Waals surface area (Å²) in [5.41, 5.74) is 2.46. The number of rotatable bonds is 7. The third-order valence-electron chi connectivity index (χ3n) is 5.62. The van der Waals surface area contributed by atoms with Gasteiger partial charge in [-0.3, -0.25) is 14.6 Å². The molecule has 2 aliphatic rings. The average Bonchev–Trinajstić information content (AvgIpc) is 3.22. The molecule has 6 heteroatoms. The summed E-state index contributed by atoms with van der Waals surface area (Å²) in [6, 6.07) is 16.5. The number of ether oxygens (including phenoxy) is 2. The second-order valence-electron chi connectivity index (χ2n) is 7.63. The Balaban J connectivity index is 1.25. The Bertz CT molecular complexity index is 819. The summed E-state index contributed by atoms with van der Waals surface area (Å²) < 4.78 is 10.8. The Hall–Kier alpha value is -2.57. The van der Waals surface area contributed by atoms with Gasteiger partial charge in [-0.2, -0.15) is 0 Å². The lowest BCUT2D eigenvalue weighted by Gasteiger charge is -2.35. The van der Waals surface area contributed by atoms with E-state index in [0.29, 0.717) is 13.3 Å². The maximum atomic E-state index is 12.8. The number of carbonyl (C=O) groups excluding carboxylic acids is 1. The van der Waals surface area contributed by atoms with Gasteiger partial charge in [0.2, 0.25) is 12.7 Å². The zero-order valence-corrected chi connectivity index (χ0v) is 17.0. The Morgan fingerprint density at radius 2 is 1.72 bits per heavy atom. The van der Waals surface area contributed by atoms with Crippen molar-refractivity contribution in [3.63, 3.8) is 0 Å². The van der Waals surface area contributed by atoms with Crippen LogP contribution >= 0.6 is 0 Å². The van der Waals surface area contributed by atoms with Crippen LogP contribution in [0.3, 0.4) is 0 Å². The Morgan fingerprint density at radius 3 is 2.48 bits per heavy atom. The number of piperazine rings is 1. The van der Waals surface area contributed by atoms with Crippen molar-refractivity contribution >= 4 is 5.91 Å². The molecule has 1 fully saturated rings. The van der Waals surface area contributed by atoms with Crippen molar-refractivity contribution in [1.29, 1.82) is 0 Å². The van der Waals surface area contributed by atoms with Gasteiger partial charge in [-0.15, -0.1) is 0 Å². The molecule has 0 unspecified atom stereocenters. The maximum absolute atomic E-state index is 12.8. The van der Waals surface area contributed by atoms with Gasteiger partial charge in [0.15, 0.2) is 11.5 Å². The van der Waals surface area contributed by atoms with E-state index < -0.39 is 0 Å². The first-order valence-electron chi connectivity index (χ1n) is 10.4. The fourth-order valence-corrected chi connectivity index (χ4v) is 3.87. The van der Waals surface area contributed by atoms with E-state index in [1.165, 1.54) is 11.1 Å². The van der Waals surface area contributed by atoms with Gasteiger partial charge in [-0.05, 0) is 29.8 Å². The molecule has 2 aliphatic heterocycles. The minimum Gasteiger partial charge on any atom is -0.454 e. The van der Waals surface area contributed by atoms with Crippen LogP contribution in [0.15, 0.2) is 48.5 Å². The van der Waals surface area contributed by atoms with E-state index in [1.54, 1.807) is 0 Å². The van der Waals surface area contributed by atoms with Gasteiger partial charge in [0.1, 0.15) is 0 Å². The van der Waals surface area contributed by atoms with Gasteiger partial charge in [-0.1, -0.05) is 43.3 Å². The molecule has 0 N–H and O–H groups in total. The molecule has 0 saturated carbocycles. The van der Waals surface area contributed by atoms with E-state index in [-0.39, 0.29) is 5.91 Å². The molecule has 0 spiro atoms. The van der Waals surface area contributed by atoms with Crippen LogP contribution in [0.1, 0.15) is 18.1 Å². The van der Waals surface area contributed by atoms with Crippen LogP contribution in [-0.4, -0.2) is 66.7 Å². The highest BCUT2D eigenvalue weighted by atomic mass is 16.7. The molecule has 154 valence electrons. The Morgan fingerprint density at radius 1 is 0.966 bits per heavy atom. The molecule has 0 bridgehead atoms. The minimum atomic E-state index is 0.227. The monoisotopic (exact) mass is 395 g/mol. The molecule has 29 heavy (non-hydrogen) atoms. The number of nitrogens with zero attached hydrogens (tertiary/aromatic N) is 3. The van der Waals surface area contributed by atoms with Gasteiger partial charge in [0.25, 0.3) is 0 Å². The van der Waals surface area contributed by atoms with E-state index >= 15 is 0 Å². The van der Waals surface area contributed by atoms with Gasteiger partial charge in [0, 0.05) is 39.3 Å². The first-order chi connectivity index (χ1) is 14.2. The molecule has 2 aromatic carbocycles. The van der Waals surface area contributed by atoms with E-state index in [0.717, 1.165) is 57.3 Å². The summed E-state index contributed by atoms with van der Waals surface area (Å²) in [4.78, 5) is 19.4. The standard InChI is InChI=1S/C23H29N3O3/c1-2-24(15-19-6-4-3-5-7-19)17-23(27)26-12-10-25(11-13-26)16-20-8-9-21-22(14-20)29-18-28-21/h3-9,14H,2,10-13,15-18H2,1H3. The molecular formula is C23H29N3O3. The summed E-state index contributed by atoms with van der Waals surface area (Å²) >= 11 is 0. The molecule has 2 aromatic rings. The molecule has 2 heterocycles. The van der Waals surface area contributed by atoms with Gasteiger partial charge in [0.05, 0.1) is 6.54 Å². The number of likely N-dealkylation sites (N-methyl/N-ethyl adjacent to an activating group) is 1. The zero-order chi connectivity index (χ0) is 20.1. The predicted molar refractivity (Wildman–Crippen MR) is 112 cm³/mol. The minimum absolute atomic E-state index is 0.227. The lowest BCUT2D eigenvalue weighted by Crippen LogP contribution is -2.50. The first-order valence-corrected chi connectivity index (χ1v) is 10.4. The van der Waals surface area contributed by atoms with Crippen molar-refractivity contribution < 1.29 is 14.3 Å².